The molecule has 4 atom stereocenters. The number of carbonyl (C=O) groups excluding carboxylic acids is 4. The number of ether oxygens (including phenoxy) is 1. The number of anilines is 2. The van der Waals surface area contributed by atoms with E-state index in [1.165, 1.54) is 17.0 Å². The lowest BCUT2D eigenvalue weighted by molar-refractivity contribution is -0.274. The number of nitrogens with one attached hydrogen (secondary N) is 2. The monoisotopic (exact) mass is 674 g/mol. The number of rotatable bonds is 6. The van der Waals surface area contributed by atoms with Gasteiger partial charge in [0.05, 0.1) is 17.9 Å². The van der Waals surface area contributed by atoms with Crippen molar-refractivity contribution in [2.75, 3.05) is 38.4 Å². The summed E-state index contributed by atoms with van der Waals surface area (Å²) in [7, 11) is 6.48. The minimum absolute atomic E-state index is 0.0550. The number of amides is 2. The molecular formula is C32H33F3N4O9. The molecule has 3 aliphatic carbocycles. The molecular weight excluding hydrogens is 641 g/mol. The fraction of sp³-hybridized carbons (Fsp3) is 0.375. The molecule has 2 amide bonds. The first kappa shape index (κ1) is 34.3. The highest BCUT2D eigenvalue weighted by Gasteiger charge is 2.65. The van der Waals surface area contributed by atoms with Crippen LogP contribution in [0.2, 0.25) is 0 Å². The Labute approximate surface area is 271 Å². The second-order valence-electron chi connectivity index (χ2n) is 12.3. The van der Waals surface area contributed by atoms with Crippen LogP contribution in [-0.2, 0) is 27.3 Å². The lowest BCUT2D eigenvalue weighted by Crippen LogP contribution is -2.69. The first-order chi connectivity index (χ1) is 22.4. The van der Waals surface area contributed by atoms with Gasteiger partial charge >= 0.3 is 12.4 Å². The zero-order valence-electron chi connectivity index (χ0n) is 26.2. The van der Waals surface area contributed by atoms with Crippen molar-refractivity contribution in [2.24, 2.45) is 11.8 Å². The van der Waals surface area contributed by atoms with E-state index >= 15 is 0 Å². The number of carbonyl (C=O) groups is 4. The standard InChI is InChI=1S/C32H33F3N4O9/c1-38(2)21-11-15(12-36-30(46)37-16-5-7-17(8-6-16)48-32(33,34)35)25(41)23-18(21)9-14-10-20-24(39(3)4)26(42)19(13-40)28(44)31(20,47)29(45)22(14)27(23)43/h5-8,11,13-14,20,24,40-41,43,47H,9-10,12H2,1-4H3,(H2,36,37,46)/t14-,20-,24-,31+/m1/s1. The molecule has 6 N–H and O–H groups in total. The Kier molecular flexibility index (Phi) is 8.69. The van der Waals surface area contributed by atoms with E-state index in [-0.39, 0.29) is 48.0 Å². The summed E-state index contributed by atoms with van der Waals surface area (Å²) in [5, 5.41) is 49.3. The molecule has 0 heterocycles. The number of phenols is 1. The molecule has 3 aliphatic rings. The maximum Gasteiger partial charge on any atom is 0.573 e. The van der Waals surface area contributed by atoms with Gasteiger partial charge in [-0.3, -0.25) is 19.3 Å². The Hall–Kier alpha value is -5.09. The summed E-state index contributed by atoms with van der Waals surface area (Å²) in [6.45, 7) is -0.303. The van der Waals surface area contributed by atoms with E-state index in [0.29, 0.717) is 11.3 Å². The van der Waals surface area contributed by atoms with Gasteiger partial charge in [0.2, 0.25) is 11.6 Å². The zero-order chi connectivity index (χ0) is 35.5. The van der Waals surface area contributed by atoms with Gasteiger partial charge in [0.1, 0.15) is 22.8 Å². The number of hydrogen-bond acceptors (Lipinski definition) is 11. The number of aromatic hydroxyl groups is 1. The van der Waals surface area contributed by atoms with Crippen molar-refractivity contribution in [3.63, 3.8) is 0 Å². The van der Waals surface area contributed by atoms with E-state index in [2.05, 4.69) is 15.4 Å². The van der Waals surface area contributed by atoms with E-state index in [0.717, 1.165) is 12.1 Å². The molecule has 0 unspecified atom stereocenters. The highest BCUT2D eigenvalue weighted by molar-refractivity contribution is 6.35. The molecule has 2 saturated carbocycles. The quantitative estimate of drug-likeness (QED) is 0.114. The number of aliphatic hydroxyl groups excluding tert-OH is 2. The second kappa shape index (κ2) is 12.2. The van der Waals surface area contributed by atoms with E-state index in [4.69, 9.17) is 0 Å². The van der Waals surface area contributed by atoms with Crippen LogP contribution in [0.25, 0.3) is 5.76 Å². The Balaban J connectivity index is 1.47. The van der Waals surface area contributed by atoms with Crippen LogP contribution in [0.3, 0.4) is 0 Å². The highest BCUT2D eigenvalue weighted by atomic mass is 19.4. The summed E-state index contributed by atoms with van der Waals surface area (Å²) in [6.07, 6.45) is -4.58. The fourth-order valence-electron chi connectivity index (χ4n) is 6.86. The first-order valence-electron chi connectivity index (χ1n) is 14.7. The van der Waals surface area contributed by atoms with Crippen molar-refractivity contribution in [1.29, 1.82) is 0 Å². The van der Waals surface area contributed by atoms with Crippen molar-refractivity contribution < 1.29 is 57.5 Å². The lowest BCUT2D eigenvalue weighted by Gasteiger charge is -2.50. The van der Waals surface area contributed by atoms with Crippen molar-refractivity contribution >= 4 is 40.5 Å². The average molecular weight is 675 g/mol. The van der Waals surface area contributed by atoms with E-state index < -0.39 is 76.1 Å². The summed E-state index contributed by atoms with van der Waals surface area (Å²) in [6, 6.07) is 4.06. The number of benzene rings is 2. The third-order valence-corrected chi connectivity index (χ3v) is 8.94. The Morgan fingerprint density at radius 1 is 1.08 bits per heavy atom. The van der Waals surface area contributed by atoms with Crippen LogP contribution in [0.15, 0.2) is 47.7 Å². The molecule has 13 nitrogen and oxygen atoms in total. The van der Waals surface area contributed by atoms with Crippen LogP contribution >= 0.6 is 0 Å². The maximum atomic E-state index is 14.0. The molecule has 256 valence electrons. The maximum absolute atomic E-state index is 14.0. The van der Waals surface area contributed by atoms with Gasteiger partial charge in [-0.2, -0.15) is 0 Å². The number of aliphatic hydroxyl groups is 3. The van der Waals surface area contributed by atoms with Gasteiger partial charge in [0.15, 0.2) is 11.4 Å². The van der Waals surface area contributed by atoms with Gasteiger partial charge < -0.3 is 40.7 Å². The van der Waals surface area contributed by atoms with Crippen LogP contribution < -0.4 is 20.3 Å². The Morgan fingerprint density at radius 2 is 1.73 bits per heavy atom. The number of hydrogen-bond donors (Lipinski definition) is 6. The smallest absolute Gasteiger partial charge is 0.515 e. The number of likely N-dealkylation sites (N-methyl/N-ethyl adjacent to an activating group) is 1. The Morgan fingerprint density at radius 3 is 2.29 bits per heavy atom. The number of ketones is 3. The molecule has 48 heavy (non-hydrogen) atoms. The van der Waals surface area contributed by atoms with Crippen LogP contribution in [0.1, 0.15) is 23.1 Å². The number of fused-ring (bicyclic) bond motifs is 3. The SMILES string of the molecule is CN(C)c1cc(CNC(=O)Nc2ccc(OC(F)(F)F)cc2)c(O)c2c1C[C@@H]1C[C@@H]3[C@@H](N(C)C)C(=O)C(=CO)C(=O)[C@]3(O)C(=O)C1=C2O. The molecule has 2 aromatic carbocycles. The molecule has 0 aliphatic heterocycles. The van der Waals surface area contributed by atoms with E-state index in [1.54, 1.807) is 39.2 Å². The summed E-state index contributed by atoms with van der Waals surface area (Å²) >= 11 is 0. The molecule has 16 heteroatoms. The van der Waals surface area contributed by atoms with Gasteiger partial charge in [-0.15, -0.1) is 13.2 Å². The highest BCUT2D eigenvalue weighted by Crippen LogP contribution is 2.53. The number of halogens is 3. The topological polar surface area (TPSA) is 189 Å². The van der Waals surface area contributed by atoms with Gasteiger partial charge in [-0.05, 0) is 68.8 Å². The molecule has 0 saturated heterocycles. The number of nitrogens with zero attached hydrogens (tertiary/aromatic N) is 2. The first-order valence-corrected chi connectivity index (χ1v) is 14.7. The van der Waals surface area contributed by atoms with E-state index in [9.17, 15) is 52.8 Å². The minimum atomic E-state index is -4.88. The zero-order valence-corrected chi connectivity index (χ0v) is 26.2. The van der Waals surface area contributed by atoms with Gasteiger partial charge in [0, 0.05) is 49.1 Å². The van der Waals surface area contributed by atoms with Crippen molar-refractivity contribution in [3.05, 3.63) is 64.4 Å². The molecule has 2 fully saturated rings. The summed E-state index contributed by atoms with van der Waals surface area (Å²) in [5.41, 5.74) is -2.74. The summed E-state index contributed by atoms with van der Waals surface area (Å²) in [4.78, 5) is 56.3. The van der Waals surface area contributed by atoms with Crippen LogP contribution in [0.4, 0.5) is 29.3 Å². The predicted octanol–water partition coefficient (Wildman–Crippen LogP) is 2.96. The minimum Gasteiger partial charge on any atom is -0.515 e. The average Bonchev–Trinajstić information content (AvgIpc) is 2.98. The van der Waals surface area contributed by atoms with Crippen molar-refractivity contribution in [2.45, 2.75) is 37.4 Å². The van der Waals surface area contributed by atoms with Crippen LogP contribution in [0.5, 0.6) is 11.5 Å². The molecule has 0 spiro atoms. The van der Waals surface area contributed by atoms with Gasteiger partial charge in [-0.25, -0.2) is 4.79 Å². The second-order valence-corrected chi connectivity index (χ2v) is 12.3. The Bertz CT molecular complexity index is 1770. The molecule has 0 bridgehead atoms. The van der Waals surface area contributed by atoms with Gasteiger partial charge in [-0.1, -0.05) is 0 Å². The van der Waals surface area contributed by atoms with Crippen LogP contribution in [0, 0.1) is 11.8 Å². The third kappa shape index (κ3) is 5.70. The normalized spacial score (nSPS) is 24.6. The van der Waals surface area contributed by atoms with Crippen molar-refractivity contribution in [3.8, 4) is 11.5 Å². The largest absolute Gasteiger partial charge is 0.573 e. The third-order valence-electron chi connectivity index (χ3n) is 8.94. The molecule has 2 aromatic rings. The van der Waals surface area contributed by atoms with E-state index in [1.807, 2.05) is 0 Å². The lowest BCUT2D eigenvalue weighted by atomic mass is 9.56. The number of alkyl halides is 3. The van der Waals surface area contributed by atoms with Crippen molar-refractivity contribution in [1.82, 2.24) is 10.2 Å². The number of phenolic OH excluding ortho intramolecular Hbond substituents is 1. The van der Waals surface area contributed by atoms with Gasteiger partial charge in [0.25, 0.3) is 0 Å². The molecule has 0 aromatic heterocycles. The predicted molar refractivity (Wildman–Crippen MR) is 164 cm³/mol. The number of Topliss-reactive ketones (excluding diaryl/α,β-unsaturated/α-hetero) is 3. The molecule has 5 rings (SSSR count). The summed E-state index contributed by atoms with van der Waals surface area (Å²) in [5.74, 6) is -6.76. The molecule has 0 radical (unpaired) electrons. The van der Waals surface area contributed by atoms with Crippen LogP contribution in [-0.4, -0.2) is 94.9 Å². The number of urea groups is 1. The fourth-order valence-corrected chi connectivity index (χ4v) is 6.86. The summed E-state index contributed by atoms with van der Waals surface area (Å²) < 4.78 is 41.1.